The molecule has 0 saturated heterocycles. The Hall–Kier alpha value is -0.303. The van der Waals surface area contributed by atoms with Crippen LogP contribution < -0.4 is 0 Å². The van der Waals surface area contributed by atoms with Gasteiger partial charge in [-0.2, -0.15) is 0 Å². The Balaban J connectivity index is 3.25. The fraction of sp³-hybridized carbons (Fsp3) is 0.333. The second kappa shape index (κ2) is 3.87. The molecular weight excluding hydrogens is 100 g/mol. The zero-order chi connectivity index (χ0) is 5.70. The summed E-state index contributed by atoms with van der Waals surface area (Å²) in [7, 11) is -0.440. The van der Waals surface area contributed by atoms with Crippen molar-refractivity contribution in [3.63, 3.8) is 0 Å². The maximum atomic E-state index is 3.57. The van der Waals surface area contributed by atoms with E-state index in [2.05, 4.69) is 25.4 Å². The minimum absolute atomic E-state index is 0.440. The number of hydrogen-bond acceptors (Lipinski definition) is 0. The van der Waals surface area contributed by atoms with Crippen LogP contribution in [0.25, 0.3) is 0 Å². The molecule has 0 radical (unpaired) electrons. The van der Waals surface area contributed by atoms with Gasteiger partial charge in [-0.05, 0) is 0 Å². The molecule has 0 bridgehead atoms. The maximum Gasteiger partial charge on any atom is 0.0554 e. The summed E-state index contributed by atoms with van der Waals surface area (Å²) in [5.74, 6) is 0. The molecule has 0 aromatic rings. The summed E-state index contributed by atoms with van der Waals surface area (Å²) in [6.45, 7) is 8.12. The first-order valence-corrected chi connectivity index (χ1v) is 5.54. The second-order valence-electron chi connectivity index (χ2n) is 1.86. The number of allylic oxidation sites excluding steroid dienone is 2. The molecule has 1 heteroatoms. The fourth-order valence-corrected chi connectivity index (χ4v) is 0.902. The predicted octanol–water partition coefficient (Wildman–Crippen LogP) is 1.75. The predicted molar refractivity (Wildman–Crippen MR) is 38.2 cm³/mol. The molecule has 0 fully saturated rings. The minimum Gasteiger partial charge on any atom is -0.0991 e. The van der Waals surface area contributed by atoms with Gasteiger partial charge in [0, 0.05) is 0 Å². The lowest BCUT2D eigenvalue weighted by Gasteiger charge is -1.84. The van der Waals surface area contributed by atoms with Gasteiger partial charge in [-0.1, -0.05) is 37.5 Å². The van der Waals surface area contributed by atoms with Crippen LogP contribution in [-0.2, 0) is 0 Å². The Labute approximate surface area is 47.2 Å². The summed E-state index contributed by atoms with van der Waals surface area (Å²) in [4.78, 5) is 0. The third-order valence-electron chi connectivity index (χ3n) is 0.632. The van der Waals surface area contributed by atoms with Gasteiger partial charge in [0.25, 0.3) is 0 Å². The molecule has 0 aromatic carbocycles. The maximum absolute atomic E-state index is 3.57. The highest BCUT2D eigenvalue weighted by atomic mass is 28.3. The van der Waals surface area contributed by atoms with E-state index in [-0.39, 0.29) is 0 Å². The largest absolute Gasteiger partial charge is 0.0991 e. The first-order chi connectivity index (χ1) is 3.27. The Bertz CT molecular complexity index is 72.2. The van der Waals surface area contributed by atoms with E-state index in [0.717, 1.165) is 0 Å². The normalized spacial score (nSPS) is 10.7. The van der Waals surface area contributed by atoms with Crippen LogP contribution in [0, 0.1) is 0 Å². The first-order valence-electron chi connectivity index (χ1n) is 2.56. The van der Waals surface area contributed by atoms with E-state index in [1.165, 1.54) is 0 Å². The van der Waals surface area contributed by atoms with Crippen LogP contribution in [0.2, 0.25) is 13.1 Å². The Morgan fingerprint density at radius 2 is 2.00 bits per heavy atom. The molecule has 7 heavy (non-hydrogen) atoms. The lowest BCUT2D eigenvalue weighted by Crippen LogP contribution is -1.90. The summed E-state index contributed by atoms with van der Waals surface area (Å²) in [6, 6.07) is 0. The quantitative estimate of drug-likeness (QED) is 0.377. The van der Waals surface area contributed by atoms with E-state index in [0.29, 0.717) is 0 Å². The van der Waals surface area contributed by atoms with Crippen LogP contribution in [0.1, 0.15) is 0 Å². The molecule has 0 aliphatic heterocycles. The van der Waals surface area contributed by atoms with E-state index < -0.39 is 8.80 Å². The molecule has 0 saturated carbocycles. The van der Waals surface area contributed by atoms with Crippen LogP contribution in [0.3, 0.4) is 0 Å². The minimum atomic E-state index is -0.440. The molecule has 0 heterocycles. The Kier molecular flexibility index (Phi) is 3.70. The first kappa shape index (κ1) is 6.70. The summed E-state index contributed by atoms with van der Waals surface area (Å²) in [5.41, 5.74) is 2.24. The highest BCUT2D eigenvalue weighted by molar-refractivity contribution is 6.61. The van der Waals surface area contributed by atoms with Crippen LogP contribution in [0.15, 0.2) is 24.4 Å². The lowest BCUT2D eigenvalue weighted by atomic mass is 10.6. The van der Waals surface area contributed by atoms with Crippen LogP contribution >= 0.6 is 0 Å². The summed E-state index contributed by atoms with van der Waals surface area (Å²) in [6.07, 6.45) is 3.85. The molecule has 0 amide bonds. The highest BCUT2D eigenvalue weighted by Crippen LogP contribution is 1.80. The van der Waals surface area contributed by atoms with Crippen molar-refractivity contribution in [1.29, 1.82) is 0 Å². The molecule has 0 aliphatic rings. The molecule has 0 aromatic heterocycles. The summed E-state index contributed by atoms with van der Waals surface area (Å²) in [5, 5.41) is 0. The zero-order valence-electron chi connectivity index (χ0n) is 5.02. The van der Waals surface area contributed by atoms with Crippen LogP contribution in [0.4, 0.5) is 0 Å². The number of hydrogen-bond donors (Lipinski definition) is 0. The molecule has 0 nitrogen and oxygen atoms in total. The van der Waals surface area contributed by atoms with Gasteiger partial charge in [-0.15, -0.1) is 0 Å². The highest BCUT2D eigenvalue weighted by Gasteiger charge is 1.80. The van der Waals surface area contributed by atoms with Crippen molar-refractivity contribution < 1.29 is 0 Å². The van der Waals surface area contributed by atoms with Gasteiger partial charge < -0.3 is 0 Å². The molecule has 0 aliphatic carbocycles. The average Bonchev–Trinajstić information content (AvgIpc) is 1.61. The third kappa shape index (κ3) is 5.70. The van der Waals surface area contributed by atoms with Crippen molar-refractivity contribution in [3.8, 4) is 0 Å². The molecule has 0 spiro atoms. The average molecular weight is 112 g/mol. The third-order valence-corrected chi connectivity index (χ3v) is 1.62. The van der Waals surface area contributed by atoms with Gasteiger partial charge in [0.2, 0.25) is 0 Å². The zero-order valence-corrected chi connectivity index (χ0v) is 6.17. The smallest absolute Gasteiger partial charge is 0.0554 e. The van der Waals surface area contributed by atoms with Crippen molar-refractivity contribution in [3.05, 3.63) is 24.4 Å². The molecule has 0 N–H and O–H groups in total. The molecule has 0 rings (SSSR count). The van der Waals surface area contributed by atoms with Crippen molar-refractivity contribution in [2.24, 2.45) is 0 Å². The monoisotopic (exact) mass is 112 g/mol. The number of rotatable bonds is 2. The van der Waals surface area contributed by atoms with Gasteiger partial charge in [0.05, 0.1) is 8.80 Å². The Morgan fingerprint density at radius 3 is 2.14 bits per heavy atom. The van der Waals surface area contributed by atoms with Gasteiger partial charge in [0.15, 0.2) is 0 Å². The molecule has 0 atom stereocenters. The summed E-state index contributed by atoms with van der Waals surface area (Å²) < 4.78 is 0. The fourth-order valence-electron chi connectivity index (χ4n) is 0.301. The SMILES string of the molecule is C=CC=C[SiH](C)C. The van der Waals surface area contributed by atoms with E-state index in [1.807, 2.05) is 12.2 Å². The standard InChI is InChI=1S/C6H12Si/c1-4-5-6-7(2)3/h4-7H,1H2,2-3H3. The topological polar surface area (TPSA) is 0 Å². The van der Waals surface area contributed by atoms with Gasteiger partial charge in [0.1, 0.15) is 0 Å². The van der Waals surface area contributed by atoms with Gasteiger partial charge in [-0.3, -0.25) is 0 Å². The van der Waals surface area contributed by atoms with E-state index in [9.17, 15) is 0 Å². The molecule has 40 valence electrons. The van der Waals surface area contributed by atoms with Crippen molar-refractivity contribution in [1.82, 2.24) is 0 Å². The molecule has 0 unspecified atom stereocenters. The van der Waals surface area contributed by atoms with Crippen LogP contribution in [0.5, 0.6) is 0 Å². The van der Waals surface area contributed by atoms with Crippen molar-refractivity contribution in [2.45, 2.75) is 13.1 Å². The van der Waals surface area contributed by atoms with Crippen LogP contribution in [-0.4, -0.2) is 8.80 Å². The van der Waals surface area contributed by atoms with Crippen molar-refractivity contribution >= 4 is 8.80 Å². The lowest BCUT2D eigenvalue weighted by molar-refractivity contribution is 1.95. The van der Waals surface area contributed by atoms with Gasteiger partial charge >= 0.3 is 0 Å². The van der Waals surface area contributed by atoms with Crippen molar-refractivity contribution in [2.75, 3.05) is 0 Å². The summed E-state index contributed by atoms with van der Waals surface area (Å²) >= 11 is 0. The van der Waals surface area contributed by atoms with Gasteiger partial charge in [-0.25, -0.2) is 0 Å². The molecular formula is C6H12Si. The Morgan fingerprint density at radius 1 is 1.43 bits per heavy atom. The van der Waals surface area contributed by atoms with E-state index in [1.54, 1.807) is 0 Å². The second-order valence-corrected chi connectivity index (χ2v) is 4.74. The van der Waals surface area contributed by atoms with E-state index >= 15 is 0 Å². The van der Waals surface area contributed by atoms with E-state index in [4.69, 9.17) is 0 Å².